The number of nitrogens with one attached hydrogen (secondary N) is 1. The summed E-state index contributed by atoms with van der Waals surface area (Å²) in [7, 11) is 0. The zero-order valence-electron chi connectivity index (χ0n) is 16.1. The Morgan fingerprint density at radius 1 is 1.19 bits per heavy atom. The van der Waals surface area contributed by atoms with Gasteiger partial charge in [0.2, 0.25) is 0 Å². The lowest BCUT2D eigenvalue weighted by molar-refractivity contribution is 0.00223. The molecule has 7 heteroatoms. The largest absolute Gasteiger partial charge is 0.444 e. The molecule has 0 spiro atoms. The molecule has 1 aromatic rings. The third-order valence-corrected chi connectivity index (χ3v) is 4.63. The molecule has 1 saturated carbocycles. The Hall–Kier alpha value is -2.75. The van der Waals surface area contributed by atoms with Gasteiger partial charge in [0, 0.05) is 25.7 Å². The van der Waals surface area contributed by atoms with E-state index in [-0.39, 0.29) is 24.2 Å². The molecule has 1 saturated heterocycles. The molecule has 1 N–H and O–H groups in total. The van der Waals surface area contributed by atoms with Gasteiger partial charge in [0.1, 0.15) is 5.60 Å². The highest BCUT2D eigenvalue weighted by Crippen LogP contribution is 2.28. The molecule has 2 aliphatic rings. The van der Waals surface area contributed by atoms with Crippen molar-refractivity contribution in [3.63, 3.8) is 0 Å². The Morgan fingerprint density at radius 3 is 2.41 bits per heavy atom. The zero-order valence-corrected chi connectivity index (χ0v) is 16.1. The molecule has 1 aliphatic heterocycles. The van der Waals surface area contributed by atoms with Crippen LogP contribution in [0.3, 0.4) is 0 Å². The number of rotatable bonds is 2. The molecule has 1 aliphatic carbocycles. The predicted octanol–water partition coefficient (Wildman–Crippen LogP) is 3.02. The lowest BCUT2D eigenvalue weighted by atomic mass is 10.0. The fraction of sp³-hybridized carbons (Fsp3) is 0.550. The third-order valence-electron chi connectivity index (χ3n) is 4.63. The number of carbonyl (C=O) groups excluding carboxylic acids is 2. The topological polar surface area (TPSA) is 85.7 Å². The van der Waals surface area contributed by atoms with Crippen molar-refractivity contribution in [2.75, 3.05) is 19.6 Å². The Kier molecular flexibility index (Phi) is 5.26. The second-order valence-corrected chi connectivity index (χ2v) is 8.09. The molecule has 3 rings (SSSR count). The number of benzene rings is 1. The number of piperazine rings is 1. The summed E-state index contributed by atoms with van der Waals surface area (Å²) in [5.41, 5.74) is 0.845. The summed E-state index contributed by atoms with van der Waals surface area (Å²) in [4.78, 5) is 28.6. The highest BCUT2D eigenvalue weighted by molar-refractivity contribution is 5.76. The van der Waals surface area contributed by atoms with Crippen LogP contribution in [-0.4, -0.2) is 53.2 Å². The van der Waals surface area contributed by atoms with Gasteiger partial charge in [-0.2, -0.15) is 5.26 Å². The maximum atomic E-state index is 12.7. The van der Waals surface area contributed by atoms with Crippen LogP contribution in [-0.2, 0) is 4.74 Å². The molecule has 2 fully saturated rings. The van der Waals surface area contributed by atoms with E-state index in [2.05, 4.69) is 11.4 Å². The highest BCUT2D eigenvalue weighted by atomic mass is 16.6. The molecular weight excluding hydrogens is 344 g/mol. The standard InChI is InChI=1S/C20H26N4O3/c1-20(2,3)27-19(26)24-11-10-23(18(25)22-16-8-9-16)13-17(24)15-6-4-14(12-21)5-7-15/h4-7,16-17H,8-11,13H2,1-3H3,(H,22,25)/t17-/m1/s1. The van der Waals surface area contributed by atoms with Crippen LogP contribution in [0, 0.1) is 11.3 Å². The lowest BCUT2D eigenvalue weighted by Gasteiger charge is -2.41. The van der Waals surface area contributed by atoms with Gasteiger partial charge in [-0.25, -0.2) is 9.59 Å². The first-order valence-electron chi connectivity index (χ1n) is 9.32. The van der Waals surface area contributed by atoms with Crippen molar-refractivity contribution in [2.45, 2.75) is 51.3 Å². The molecule has 0 bridgehead atoms. The second kappa shape index (κ2) is 7.47. The second-order valence-electron chi connectivity index (χ2n) is 8.09. The van der Waals surface area contributed by atoms with E-state index in [1.165, 1.54) is 0 Å². The molecule has 0 aromatic heterocycles. The van der Waals surface area contributed by atoms with Crippen LogP contribution in [0.15, 0.2) is 24.3 Å². The first-order chi connectivity index (χ1) is 12.8. The molecule has 7 nitrogen and oxygen atoms in total. The van der Waals surface area contributed by atoms with Crippen molar-refractivity contribution in [1.29, 1.82) is 5.26 Å². The monoisotopic (exact) mass is 370 g/mol. The Labute approximate surface area is 159 Å². The minimum Gasteiger partial charge on any atom is -0.444 e. The van der Waals surface area contributed by atoms with E-state index in [0.717, 1.165) is 18.4 Å². The van der Waals surface area contributed by atoms with Gasteiger partial charge in [-0.15, -0.1) is 0 Å². The van der Waals surface area contributed by atoms with Crippen LogP contribution in [0.2, 0.25) is 0 Å². The van der Waals surface area contributed by atoms with Crippen LogP contribution >= 0.6 is 0 Å². The van der Waals surface area contributed by atoms with E-state index >= 15 is 0 Å². The molecule has 1 atom stereocenters. The number of carbonyl (C=O) groups is 2. The van der Waals surface area contributed by atoms with Crippen molar-refractivity contribution in [3.8, 4) is 6.07 Å². The van der Waals surface area contributed by atoms with Crippen molar-refractivity contribution >= 4 is 12.1 Å². The van der Waals surface area contributed by atoms with Gasteiger partial charge in [0.25, 0.3) is 0 Å². The van der Waals surface area contributed by atoms with Gasteiger partial charge in [0.15, 0.2) is 0 Å². The van der Waals surface area contributed by atoms with Crippen LogP contribution < -0.4 is 5.32 Å². The zero-order chi connectivity index (χ0) is 19.6. The SMILES string of the molecule is CC(C)(C)OC(=O)N1CCN(C(=O)NC2CC2)C[C@@H]1c1ccc(C#N)cc1. The molecule has 27 heavy (non-hydrogen) atoms. The summed E-state index contributed by atoms with van der Waals surface area (Å²) >= 11 is 0. The van der Waals surface area contributed by atoms with E-state index in [0.29, 0.717) is 25.2 Å². The van der Waals surface area contributed by atoms with E-state index in [1.807, 2.05) is 32.9 Å². The molecule has 0 unspecified atom stereocenters. The smallest absolute Gasteiger partial charge is 0.410 e. The Balaban J connectivity index is 1.80. The van der Waals surface area contributed by atoms with E-state index in [9.17, 15) is 9.59 Å². The Bertz CT molecular complexity index is 744. The fourth-order valence-corrected chi connectivity index (χ4v) is 3.07. The average Bonchev–Trinajstić information content (AvgIpc) is 3.44. The van der Waals surface area contributed by atoms with Crippen molar-refractivity contribution in [2.24, 2.45) is 0 Å². The van der Waals surface area contributed by atoms with Crippen LogP contribution in [0.1, 0.15) is 50.8 Å². The normalized spacial score (nSPS) is 20.0. The number of nitriles is 1. The maximum Gasteiger partial charge on any atom is 0.410 e. The summed E-state index contributed by atoms with van der Waals surface area (Å²) in [6.07, 6.45) is 1.67. The third kappa shape index (κ3) is 4.91. The maximum absolute atomic E-state index is 12.7. The number of nitrogens with zero attached hydrogens (tertiary/aromatic N) is 3. The van der Waals surface area contributed by atoms with Gasteiger partial charge in [-0.3, -0.25) is 4.90 Å². The minimum absolute atomic E-state index is 0.0833. The predicted molar refractivity (Wildman–Crippen MR) is 100.0 cm³/mol. The lowest BCUT2D eigenvalue weighted by Crippen LogP contribution is -2.55. The van der Waals surface area contributed by atoms with E-state index in [1.54, 1.807) is 21.9 Å². The molecule has 1 aromatic carbocycles. The van der Waals surface area contributed by atoms with Crippen molar-refractivity contribution < 1.29 is 14.3 Å². The number of urea groups is 1. The van der Waals surface area contributed by atoms with Crippen LogP contribution in [0.5, 0.6) is 0 Å². The van der Waals surface area contributed by atoms with Crippen molar-refractivity contribution in [1.82, 2.24) is 15.1 Å². The van der Waals surface area contributed by atoms with Gasteiger partial charge in [0.05, 0.1) is 17.7 Å². The van der Waals surface area contributed by atoms with Crippen LogP contribution in [0.25, 0.3) is 0 Å². The van der Waals surface area contributed by atoms with Gasteiger partial charge < -0.3 is 15.0 Å². The Morgan fingerprint density at radius 2 is 1.85 bits per heavy atom. The molecule has 0 radical (unpaired) electrons. The summed E-state index contributed by atoms with van der Waals surface area (Å²) < 4.78 is 5.56. The van der Waals surface area contributed by atoms with Gasteiger partial charge >= 0.3 is 12.1 Å². The quantitative estimate of drug-likeness (QED) is 0.867. The number of ether oxygens (including phenoxy) is 1. The number of hydrogen-bond donors (Lipinski definition) is 1. The summed E-state index contributed by atoms with van der Waals surface area (Å²) in [5.74, 6) is 0. The van der Waals surface area contributed by atoms with Gasteiger partial charge in [-0.1, -0.05) is 12.1 Å². The fourth-order valence-electron chi connectivity index (χ4n) is 3.07. The summed E-state index contributed by atoms with van der Waals surface area (Å²) in [6.45, 7) is 6.76. The van der Waals surface area contributed by atoms with Crippen molar-refractivity contribution in [3.05, 3.63) is 35.4 Å². The number of amides is 3. The molecule has 3 amide bonds. The van der Waals surface area contributed by atoms with Crippen LogP contribution in [0.4, 0.5) is 9.59 Å². The number of hydrogen-bond acceptors (Lipinski definition) is 4. The average molecular weight is 370 g/mol. The minimum atomic E-state index is -0.590. The highest BCUT2D eigenvalue weighted by Gasteiger charge is 2.37. The summed E-state index contributed by atoms with van der Waals surface area (Å²) in [5, 5.41) is 12.0. The molecular formula is C20H26N4O3. The molecule has 144 valence electrons. The first-order valence-corrected chi connectivity index (χ1v) is 9.32. The van der Waals surface area contributed by atoms with E-state index in [4.69, 9.17) is 10.00 Å². The van der Waals surface area contributed by atoms with E-state index < -0.39 is 5.60 Å². The first kappa shape index (κ1) is 19.0. The summed E-state index contributed by atoms with van der Waals surface area (Å²) in [6, 6.07) is 9.12. The van der Waals surface area contributed by atoms with Gasteiger partial charge in [-0.05, 0) is 51.3 Å². The molecule has 1 heterocycles.